The van der Waals surface area contributed by atoms with Crippen molar-refractivity contribution < 1.29 is 4.79 Å². The highest BCUT2D eigenvalue weighted by molar-refractivity contribution is 5.80. The van der Waals surface area contributed by atoms with Gasteiger partial charge in [-0.2, -0.15) is 0 Å². The van der Waals surface area contributed by atoms with Gasteiger partial charge in [-0.3, -0.25) is 4.79 Å². The molecule has 1 rings (SSSR count). The summed E-state index contributed by atoms with van der Waals surface area (Å²) in [5.41, 5.74) is 3.15. The third kappa shape index (κ3) is 3.80. The first kappa shape index (κ1) is 16.2. The molecule has 1 amide bonds. The van der Waals surface area contributed by atoms with Crippen LogP contribution >= 0.6 is 0 Å². The molecule has 0 aromatic carbocycles. The highest BCUT2D eigenvalue weighted by Gasteiger charge is 2.21. The first-order valence-corrected chi connectivity index (χ1v) is 6.46. The maximum atomic E-state index is 11.6. The number of carbonyl (C=O) groups is 1. The zero-order valence-corrected chi connectivity index (χ0v) is 13.0. The number of hydrazine groups is 1. The van der Waals surface area contributed by atoms with Crippen molar-refractivity contribution in [3.63, 3.8) is 0 Å². The van der Waals surface area contributed by atoms with Crippen LogP contribution < -0.4 is 16.6 Å². The Hall–Kier alpha value is -1.89. The van der Waals surface area contributed by atoms with E-state index in [4.69, 9.17) is 5.84 Å². The number of nitrogen functional groups attached to an aromatic ring is 1. The number of hydrogen-bond acceptors (Lipinski definition) is 6. The van der Waals surface area contributed by atoms with E-state index in [0.29, 0.717) is 17.5 Å². The van der Waals surface area contributed by atoms with E-state index in [9.17, 15) is 4.79 Å². The third-order valence-electron chi connectivity index (χ3n) is 2.86. The van der Waals surface area contributed by atoms with Crippen molar-refractivity contribution >= 4 is 17.5 Å². The first-order chi connectivity index (χ1) is 9.16. The Labute approximate surface area is 119 Å². The van der Waals surface area contributed by atoms with Gasteiger partial charge in [0.15, 0.2) is 0 Å². The van der Waals surface area contributed by atoms with Crippen LogP contribution in [-0.4, -0.2) is 41.4 Å². The van der Waals surface area contributed by atoms with Gasteiger partial charge in [0.05, 0.1) is 6.54 Å². The van der Waals surface area contributed by atoms with E-state index >= 15 is 0 Å². The van der Waals surface area contributed by atoms with Crippen LogP contribution in [-0.2, 0) is 10.2 Å². The predicted octanol–water partition coefficient (Wildman–Crippen LogP) is 0.868. The Morgan fingerprint density at radius 1 is 1.25 bits per heavy atom. The maximum Gasteiger partial charge on any atom is 0.241 e. The van der Waals surface area contributed by atoms with E-state index in [1.165, 1.54) is 4.90 Å². The second kappa shape index (κ2) is 6.04. The molecule has 20 heavy (non-hydrogen) atoms. The van der Waals surface area contributed by atoms with Gasteiger partial charge in [0, 0.05) is 25.1 Å². The second-order valence-electron chi connectivity index (χ2n) is 5.91. The Balaban J connectivity index is 3.08. The van der Waals surface area contributed by atoms with E-state index in [1.807, 2.05) is 27.7 Å². The van der Waals surface area contributed by atoms with Crippen LogP contribution in [0.15, 0.2) is 0 Å². The third-order valence-corrected chi connectivity index (χ3v) is 2.86. The number of hydrogen-bond donors (Lipinski definition) is 3. The SMILES string of the molecule is Cc1c(NN)nc(C(C)(C)C)nc1NCC(=O)N(C)C. The zero-order chi connectivity index (χ0) is 15.5. The molecule has 0 unspecified atom stereocenters. The molecule has 0 radical (unpaired) electrons. The number of aromatic nitrogens is 2. The minimum Gasteiger partial charge on any atom is -0.361 e. The number of rotatable bonds is 4. The van der Waals surface area contributed by atoms with E-state index in [0.717, 1.165) is 5.56 Å². The monoisotopic (exact) mass is 280 g/mol. The quantitative estimate of drug-likeness (QED) is 0.559. The van der Waals surface area contributed by atoms with Crippen LogP contribution in [0.25, 0.3) is 0 Å². The molecular formula is C13H24N6O. The largest absolute Gasteiger partial charge is 0.361 e. The lowest BCUT2D eigenvalue weighted by molar-refractivity contribution is -0.126. The van der Waals surface area contributed by atoms with Gasteiger partial charge < -0.3 is 15.6 Å². The van der Waals surface area contributed by atoms with Crippen molar-refractivity contribution in [3.8, 4) is 0 Å². The Morgan fingerprint density at radius 3 is 2.25 bits per heavy atom. The molecule has 0 spiro atoms. The number of likely N-dealkylation sites (N-methyl/N-ethyl adjacent to an activating group) is 1. The van der Waals surface area contributed by atoms with Crippen LogP contribution in [0.3, 0.4) is 0 Å². The van der Waals surface area contributed by atoms with Crippen LogP contribution in [0.1, 0.15) is 32.2 Å². The molecule has 0 aliphatic carbocycles. The summed E-state index contributed by atoms with van der Waals surface area (Å²) in [6, 6.07) is 0. The number of anilines is 2. The smallest absolute Gasteiger partial charge is 0.241 e. The summed E-state index contributed by atoms with van der Waals surface area (Å²) in [6.45, 7) is 8.09. The van der Waals surface area contributed by atoms with Crippen molar-refractivity contribution in [2.24, 2.45) is 5.84 Å². The molecule has 7 heteroatoms. The lowest BCUT2D eigenvalue weighted by atomic mass is 9.95. The van der Waals surface area contributed by atoms with Gasteiger partial charge in [-0.05, 0) is 6.92 Å². The molecule has 0 bridgehead atoms. The maximum absolute atomic E-state index is 11.6. The molecule has 1 heterocycles. The van der Waals surface area contributed by atoms with Gasteiger partial charge in [0.1, 0.15) is 17.5 Å². The highest BCUT2D eigenvalue weighted by Crippen LogP contribution is 2.25. The topological polar surface area (TPSA) is 96.2 Å². The number of amides is 1. The van der Waals surface area contributed by atoms with Crippen molar-refractivity contribution in [1.82, 2.24) is 14.9 Å². The molecule has 1 aromatic heterocycles. The zero-order valence-electron chi connectivity index (χ0n) is 13.0. The van der Waals surface area contributed by atoms with Crippen molar-refractivity contribution in [3.05, 3.63) is 11.4 Å². The molecule has 112 valence electrons. The van der Waals surface area contributed by atoms with Gasteiger partial charge in [0.2, 0.25) is 5.91 Å². The summed E-state index contributed by atoms with van der Waals surface area (Å²) < 4.78 is 0. The van der Waals surface area contributed by atoms with E-state index in [-0.39, 0.29) is 17.9 Å². The summed E-state index contributed by atoms with van der Waals surface area (Å²) in [5, 5.41) is 3.04. The van der Waals surface area contributed by atoms with Gasteiger partial charge in [0.25, 0.3) is 0 Å². The fraction of sp³-hybridized carbons (Fsp3) is 0.615. The van der Waals surface area contributed by atoms with Crippen LogP contribution in [0.4, 0.5) is 11.6 Å². The highest BCUT2D eigenvalue weighted by atomic mass is 16.2. The molecule has 0 saturated heterocycles. The Kier molecular flexibility index (Phi) is 4.88. The molecule has 0 fully saturated rings. The van der Waals surface area contributed by atoms with Crippen LogP contribution in [0.5, 0.6) is 0 Å². The molecule has 1 aromatic rings. The van der Waals surface area contributed by atoms with Crippen molar-refractivity contribution in [1.29, 1.82) is 0 Å². The molecule has 0 saturated carbocycles. The number of nitrogens with zero attached hydrogens (tertiary/aromatic N) is 3. The molecule has 0 aliphatic rings. The van der Waals surface area contributed by atoms with Crippen molar-refractivity contribution in [2.45, 2.75) is 33.1 Å². The van der Waals surface area contributed by atoms with Gasteiger partial charge >= 0.3 is 0 Å². The van der Waals surface area contributed by atoms with Gasteiger partial charge in [-0.15, -0.1) is 0 Å². The molecule has 4 N–H and O–H groups in total. The lowest BCUT2D eigenvalue weighted by Crippen LogP contribution is -2.29. The van der Waals surface area contributed by atoms with E-state index < -0.39 is 0 Å². The summed E-state index contributed by atoms with van der Waals surface area (Å²) in [6.07, 6.45) is 0. The average molecular weight is 280 g/mol. The molecule has 7 nitrogen and oxygen atoms in total. The summed E-state index contributed by atoms with van der Waals surface area (Å²) in [7, 11) is 3.43. The average Bonchev–Trinajstić information content (AvgIpc) is 2.35. The summed E-state index contributed by atoms with van der Waals surface area (Å²) in [5.74, 6) is 7.31. The lowest BCUT2D eigenvalue weighted by Gasteiger charge is -2.21. The second-order valence-corrected chi connectivity index (χ2v) is 5.91. The molecule has 0 aliphatic heterocycles. The normalized spacial score (nSPS) is 11.2. The summed E-state index contributed by atoms with van der Waals surface area (Å²) in [4.78, 5) is 22.1. The van der Waals surface area contributed by atoms with Gasteiger partial charge in [-0.25, -0.2) is 15.8 Å². The first-order valence-electron chi connectivity index (χ1n) is 6.46. The van der Waals surface area contributed by atoms with E-state index in [1.54, 1.807) is 14.1 Å². The van der Waals surface area contributed by atoms with E-state index in [2.05, 4.69) is 20.7 Å². The molecule has 0 atom stereocenters. The Morgan fingerprint density at radius 2 is 1.80 bits per heavy atom. The predicted molar refractivity (Wildman–Crippen MR) is 80.5 cm³/mol. The number of carbonyl (C=O) groups excluding carboxylic acids is 1. The number of nitrogens with two attached hydrogens (primary N) is 1. The fourth-order valence-corrected chi connectivity index (χ4v) is 1.48. The fourth-order valence-electron chi connectivity index (χ4n) is 1.48. The van der Waals surface area contributed by atoms with Gasteiger partial charge in [-0.1, -0.05) is 20.8 Å². The number of nitrogens with one attached hydrogen (secondary N) is 2. The molecular weight excluding hydrogens is 256 g/mol. The Bertz CT molecular complexity index is 492. The standard InChI is InChI=1S/C13H24N6O/c1-8-10(15-7-9(20)19(5)6)16-12(13(2,3)4)17-11(8)18-14/h7,14H2,1-6H3,(H2,15,16,17,18). The summed E-state index contributed by atoms with van der Waals surface area (Å²) >= 11 is 0. The van der Waals surface area contributed by atoms with Crippen LogP contribution in [0, 0.1) is 6.92 Å². The minimum atomic E-state index is -0.207. The van der Waals surface area contributed by atoms with Crippen LogP contribution in [0.2, 0.25) is 0 Å². The minimum absolute atomic E-state index is 0.0254. The van der Waals surface area contributed by atoms with Crippen molar-refractivity contribution in [2.75, 3.05) is 31.4 Å².